The van der Waals surface area contributed by atoms with Crippen molar-refractivity contribution in [2.24, 2.45) is 0 Å². The summed E-state index contributed by atoms with van der Waals surface area (Å²) in [6.07, 6.45) is 8.40. The minimum absolute atomic E-state index is 0.0671. The molecule has 1 spiro atoms. The van der Waals surface area contributed by atoms with E-state index in [1.807, 2.05) is 6.08 Å². The first-order valence-electron chi connectivity index (χ1n) is 5.37. The maximum absolute atomic E-state index is 11.4. The molecule has 1 heterocycles. The van der Waals surface area contributed by atoms with E-state index in [2.05, 4.69) is 0 Å². The van der Waals surface area contributed by atoms with Crippen LogP contribution in [0.15, 0.2) is 12.2 Å². The molecule has 14 heavy (non-hydrogen) atoms. The second-order valence-corrected chi connectivity index (χ2v) is 4.35. The first kappa shape index (κ1) is 8.62. The van der Waals surface area contributed by atoms with Crippen LogP contribution >= 0.6 is 0 Å². The van der Waals surface area contributed by atoms with Crippen molar-refractivity contribution in [2.75, 3.05) is 0 Å². The number of carbonyl (C=O) groups excluding carboxylic acids is 1. The van der Waals surface area contributed by atoms with Crippen molar-refractivity contribution >= 4 is 5.78 Å². The van der Waals surface area contributed by atoms with E-state index < -0.39 is 5.79 Å². The van der Waals surface area contributed by atoms with Crippen molar-refractivity contribution in [3.05, 3.63) is 12.2 Å². The van der Waals surface area contributed by atoms with Crippen LogP contribution in [0.2, 0.25) is 0 Å². The summed E-state index contributed by atoms with van der Waals surface area (Å²) in [5.41, 5.74) is 0. The quantitative estimate of drug-likeness (QED) is 0.587. The summed E-state index contributed by atoms with van der Waals surface area (Å²) in [6.45, 7) is 0. The number of hydrogen-bond acceptors (Lipinski definition) is 3. The van der Waals surface area contributed by atoms with Crippen molar-refractivity contribution in [3.63, 3.8) is 0 Å². The Hall–Kier alpha value is -0.670. The molecule has 0 aromatic rings. The summed E-state index contributed by atoms with van der Waals surface area (Å²) in [4.78, 5) is 11.4. The van der Waals surface area contributed by atoms with Crippen LogP contribution in [0.3, 0.4) is 0 Å². The largest absolute Gasteiger partial charge is 0.339 e. The van der Waals surface area contributed by atoms with Gasteiger partial charge in [-0.3, -0.25) is 4.79 Å². The Balaban J connectivity index is 1.80. The van der Waals surface area contributed by atoms with Gasteiger partial charge in [0.25, 0.3) is 0 Å². The third kappa shape index (κ3) is 1.16. The first-order valence-corrected chi connectivity index (χ1v) is 5.37. The SMILES string of the molecule is O=C1C=C[C@H]2OC3(CCCCC3)O[C@H]12. The lowest BCUT2D eigenvalue weighted by molar-refractivity contribution is -0.192. The van der Waals surface area contributed by atoms with Gasteiger partial charge in [-0.25, -0.2) is 0 Å². The fraction of sp³-hybridized carbons (Fsp3) is 0.727. The molecule has 0 aromatic heterocycles. The van der Waals surface area contributed by atoms with Crippen molar-refractivity contribution in [1.82, 2.24) is 0 Å². The molecule has 1 aliphatic heterocycles. The molecule has 0 radical (unpaired) electrons. The molecule has 3 rings (SSSR count). The van der Waals surface area contributed by atoms with E-state index in [1.54, 1.807) is 6.08 Å². The first-order chi connectivity index (χ1) is 6.79. The number of carbonyl (C=O) groups is 1. The molecular formula is C11H14O3. The number of fused-ring (bicyclic) bond motifs is 1. The molecule has 0 unspecified atom stereocenters. The van der Waals surface area contributed by atoms with E-state index in [0.717, 1.165) is 25.7 Å². The Morgan fingerprint density at radius 1 is 1.21 bits per heavy atom. The van der Waals surface area contributed by atoms with Crippen molar-refractivity contribution in [1.29, 1.82) is 0 Å². The normalized spacial score (nSPS) is 39.3. The van der Waals surface area contributed by atoms with Gasteiger partial charge in [-0.15, -0.1) is 0 Å². The number of ketones is 1. The Labute approximate surface area is 83.1 Å². The van der Waals surface area contributed by atoms with Crippen LogP contribution in [-0.4, -0.2) is 23.8 Å². The van der Waals surface area contributed by atoms with Gasteiger partial charge in [-0.05, 0) is 25.0 Å². The number of rotatable bonds is 0. The minimum Gasteiger partial charge on any atom is -0.339 e. The van der Waals surface area contributed by atoms with Crippen molar-refractivity contribution in [3.8, 4) is 0 Å². The third-order valence-corrected chi connectivity index (χ3v) is 3.34. The van der Waals surface area contributed by atoms with Gasteiger partial charge in [-0.2, -0.15) is 0 Å². The van der Waals surface area contributed by atoms with Crippen LogP contribution in [0.4, 0.5) is 0 Å². The minimum atomic E-state index is -0.423. The zero-order valence-electron chi connectivity index (χ0n) is 8.07. The van der Waals surface area contributed by atoms with Crippen molar-refractivity contribution < 1.29 is 14.3 Å². The molecule has 0 bridgehead atoms. The molecule has 0 amide bonds. The molecule has 0 N–H and O–H groups in total. The fourth-order valence-electron chi connectivity index (χ4n) is 2.61. The summed E-state index contributed by atoms with van der Waals surface area (Å²) in [5, 5.41) is 0. The van der Waals surface area contributed by atoms with Crippen LogP contribution in [0.25, 0.3) is 0 Å². The van der Waals surface area contributed by atoms with E-state index in [0.29, 0.717) is 0 Å². The summed E-state index contributed by atoms with van der Waals surface area (Å²) < 4.78 is 11.6. The molecular weight excluding hydrogens is 180 g/mol. The molecule has 2 aliphatic carbocycles. The molecule has 0 aromatic carbocycles. The second kappa shape index (κ2) is 2.91. The molecule has 2 atom stereocenters. The zero-order chi connectivity index (χ0) is 9.60. The molecule has 1 saturated carbocycles. The zero-order valence-corrected chi connectivity index (χ0v) is 8.07. The predicted octanol–water partition coefficient (Wildman–Crippen LogP) is 1.57. The lowest BCUT2D eigenvalue weighted by Crippen LogP contribution is -2.34. The summed E-state index contributed by atoms with van der Waals surface area (Å²) in [6, 6.07) is 0. The Morgan fingerprint density at radius 2 is 2.00 bits per heavy atom. The lowest BCUT2D eigenvalue weighted by Gasteiger charge is -2.31. The molecule has 3 nitrogen and oxygen atoms in total. The Kier molecular flexibility index (Phi) is 1.79. The van der Waals surface area contributed by atoms with Gasteiger partial charge < -0.3 is 9.47 Å². The van der Waals surface area contributed by atoms with Gasteiger partial charge in [0.2, 0.25) is 0 Å². The van der Waals surface area contributed by atoms with Gasteiger partial charge in [0.15, 0.2) is 17.7 Å². The molecule has 3 heteroatoms. The average molecular weight is 194 g/mol. The van der Waals surface area contributed by atoms with Gasteiger partial charge in [0.05, 0.1) is 0 Å². The maximum atomic E-state index is 11.4. The smallest absolute Gasteiger partial charge is 0.187 e. The number of hydrogen-bond donors (Lipinski definition) is 0. The Bertz CT molecular complexity index is 289. The summed E-state index contributed by atoms with van der Waals surface area (Å²) >= 11 is 0. The predicted molar refractivity (Wildman–Crippen MR) is 49.7 cm³/mol. The van der Waals surface area contributed by atoms with Crippen molar-refractivity contribution in [2.45, 2.75) is 50.1 Å². The van der Waals surface area contributed by atoms with Gasteiger partial charge in [0.1, 0.15) is 6.10 Å². The van der Waals surface area contributed by atoms with Crippen LogP contribution in [0.5, 0.6) is 0 Å². The second-order valence-electron chi connectivity index (χ2n) is 4.35. The standard InChI is InChI=1S/C11H14O3/c12-8-4-5-9-10(8)14-11(13-9)6-2-1-3-7-11/h4-5,9-10H,1-3,6-7H2/t9-,10-/m1/s1. The molecule has 76 valence electrons. The third-order valence-electron chi connectivity index (χ3n) is 3.34. The topological polar surface area (TPSA) is 35.5 Å². The van der Waals surface area contributed by atoms with E-state index in [4.69, 9.17) is 9.47 Å². The molecule has 1 saturated heterocycles. The Morgan fingerprint density at radius 3 is 2.71 bits per heavy atom. The highest BCUT2D eigenvalue weighted by Crippen LogP contribution is 2.42. The van der Waals surface area contributed by atoms with E-state index in [9.17, 15) is 4.79 Å². The van der Waals surface area contributed by atoms with Crippen LogP contribution in [-0.2, 0) is 14.3 Å². The number of ether oxygens (including phenoxy) is 2. The van der Waals surface area contributed by atoms with Gasteiger partial charge >= 0.3 is 0 Å². The lowest BCUT2D eigenvalue weighted by atomic mass is 9.94. The van der Waals surface area contributed by atoms with E-state index in [1.165, 1.54) is 6.42 Å². The van der Waals surface area contributed by atoms with Gasteiger partial charge in [-0.1, -0.05) is 6.42 Å². The van der Waals surface area contributed by atoms with E-state index in [-0.39, 0.29) is 18.0 Å². The highest BCUT2D eigenvalue weighted by atomic mass is 16.8. The van der Waals surface area contributed by atoms with Crippen LogP contribution in [0.1, 0.15) is 32.1 Å². The van der Waals surface area contributed by atoms with Crippen LogP contribution in [0, 0.1) is 0 Å². The molecule has 2 fully saturated rings. The summed E-state index contributed by atoms with van der Waals surface area (Å²) in [7, 11) is 0. The van der Waals surface area contributed by atoms with Gasteiger partial charge in [0, 0.05) is 12.8 Å². The van der Waals surface area contributed by atoms with E-state index >= 15 is 0 Å². The summed E-state index contributed by atoms with van der Waals surface area (Å²) in [5.74, 6) is -0.356. The highest BCUT2D eigenvalue weighted by Gasteiger charge is 2.51. The monoisotopic (exact) mass is 194 g/mol. The van der Waals surface area contributed by atoms with Crippen LogP contribution < -0.4 is 0 Å². The molecule has 3 aliphatic rings. The average Bonchev–Trinajstić information content (AvgIpc) is 2.68. The fourth-order valence-corrected chi connectivity index (χ4v) is 2.61. The highest BCUT2D eigenvalue weighted by molar-refractivity contribution is 5.97. The maximum Gasteiger partial charge on any atom is 0.187 e.